The van der Waals surface area contributed by atoms with E-state index in [1.807, 2.05) is 37.3 Å². The molecule has 0 saturated carbocycles. The minimum atomic E-state index is -0.236. The maximum atomic E-state index is 13.0. The minimum Gasteiger partial charge on any atom is -0.337 e. The Morgan fingerprint density at radius 3 is 2.70 bits per heavy atom. The zero-order valence-electron chi connectivity index (χ0n) is 14.3. The van der Waals surface area contributed by atoms with Crippen LogP contribution in [0.15, 0.2) is 30.3 Å². The van der Waals surface area contributed by atoms with E-state index >= 15 is 0 Å². The third-order valence-corrected chi connectivity index (χ3v) is 5.58. The molecule has 2 aliphatic rings. The number of amides is 1. The van der Waals surface area contributed by atoms with Gasteiger partial charge in [-0.25, -0.2) is 0 Å². The molecule has 2 aliphatic heterocycles. The Kier molecular flexibility index (Phi) is 5.02. The lowest BCUT2D eigenvalue weighted by molar-refractivity contribution is -0.142. The van der Waals surface area contributed by atoms with Gasteiger partial charge in [-0.15, -0.1) is 0 Å². The van der Waals surface area contributed by atoms with Gasteiger partial charge in [-0.1, -0.05) is 43.7 Å². The van der Waals surface area contributed by atoms with Crippen molar-refractivity contribution in [1.29, 1.82) is 0 Å². The van der Waals surface area contributed by atoms with Crippen LogP contribution in [-0.2, 0) is 4.79 Å². The summed E-state index contributed by atoms with van der Waals surface area (Å²) >= 11 is 0. The second kappa shape index (κ2) is 7.02. The number of carbonyl (C=O) groups is 1. The number of carbonyl (C=O) groups excluding carboxylic acids is 1. The van der Waals surface area contributed by atoms with Crippen molar-refractivity contribution < 1.29 is 4.79 Å². The number of nitrogens with zero attached hydrogens (tertiary/aromatic N) is 2. The molecule has 1 amide bonds. The van der Waals surface area contributed by atoms with Crippen LogP contribution in [0.2, 0.25) is 0 Å². The molecule has 0 aliphatic carbocycles. The van der Waals surface area contributed by atoms with Crippen LogP contribution in [-0.4, -0.2) is 47.4 Å². The van der Waals surface area contributed by atoms with Crippen molar-refractivity contribution >= 4 is 5.91 Å². The van der Waals surface area contributed by atoms with Gasteiger partial charge in [0.1, 0.15) is 0 Å². The van der Waals surface area contributed by atoms with Gasteiger partial charge in [-0.2, -0.15) is 0 Å². The normalized spacial score (nSPS) is 28.0. The quantitative estimate of drug-likeness (QED) is 0.932. The highest BCUT2D eigenvalue weighted by Gasteiger charge is 2.37. The summed E-state index contributed by atoms with van der Waals surface area (Å²) in [6.45, 7) is 7.20. The molecule has 0 radical (unpaired) electrons. The van der Waals surface area contributed by atoms with Crippen LogP contribution in [0, 0.1) is 5.92 Å². The maximum Gasteiger partial charge on any atom is 0.227 e. The van der Waals surface area contributed by atoms with Crippen LogP contribution in [0.1, 0.15) is 44.7 Å². The van der Waals surface area contributed by atoms with Crippen molar-refractivity contribution in [1.82, 2.24) is 9.80 Å². The largest absolute Gasteiger partial charge is 0.337 e. The molecule has 4 atom stereocenters. The van der Waals surface area contributed by atoms with Crippen molar-refractivity contribution in [2.24, 2.45) is 11.7 Å². The van der Waals surface area contributed by atoms with Crippen LogP contribution in [0.5, 0.6) is 0 Å². The van der Waals surface area contributed by atoms with Crippen LogP contribution in [0.25, 0.3) is 0 Å². The van der Waals surface area contributed by atoms with E-state index in [-0.39, 0.29) is 23.9 Å². The Labute approximate surface area is 139 Å². The van der Waals surface area contributed by atoms with Gasteiger partial charge in [0.2, 0.25) is 5.91 Å². The number of hydrogen-bond donors (Lipinski definition) is 1. The van der Waals surface area contributed by atoms with Gasteiger partial charge in [0, 0.05) is 31.2 Å². The van der Waals surface area contributed by atoms with Crippen molar-refractivity contribution in [3.8, 4) is 0 Å². The molecule has 4 nitrogen and oxygen atoms in total. The number of piperidine rings is 1. The zero-order valence-corrected chi connectivity index (χ0v) is 14.3. The molecule has 23 heavy (non-hydrogen) atoms. The summed E-state index contributed by atoms with van der Waals surface area (Å²) in [5.74, 6) is 0.0223. The van der Waals surface area contributed by atoms with E-state index < -0.39 is 0 Å². The van der Waals surface area contributed by atoms with E-state index in [0.717, 1.165) is 18.7 Å². The van der Waals surface area contributed by atoms with Crippen molar-refractivity contribution in [3.05, 3.63) is 35.9 Å². The molecule has 2 saturated heterocycles. The number of fused-ring (bicyclic) bond motifs is 1. The Hall–Kier alpha value is -1.39. The Bertz CT molecular complexity index is 533. The molecule has 0 bridgehead atoms. The molecule has 0 spiro atoms. The van der Waals surface area contributed by atoms with E-state index in [1.165, 1.54) is 25.8 Å². The molecule has 0 aromatic heterocycles. The second-order valence-electron chi connectivity index (χ2n) is 7.21. The predicted octanol–water partition coefficient (Wildman–Crippen LogP) is 2.41. The first-order valence-electron chi connectivity index (χ1n) is 8.93. The average molecular weight is 315 g/mol. The number of piperazine rings is 1. The lowest BCUT2D eigenvalue weighted by Gasteiger charge is -2.48. The van der Waals surface area contributed by atoms with Gasteiger partial charge >= 0.3 is 0 Å². The highest BCUT2D eigenvalue weighted by molar-refractivity contribution is 5.80. The standard InChI is InChI=1S/C19H29N3O/c1-14-12-21-11-7-6-10-17(21)13-22(14)19(23)15(2)18(20)16-8-4-3-5-9-16/h3-5,8-9,14-15,17-18H,6-7,10-13,20H2,1-2H3. The molecular formula is C19H29N3O. The fourth-order valence-corrected chi connectivity index (χ4v) is 4.04. The van der Waals surface area contributed by atoms with Crippen molar-refractivity contribution in [3.63, 3.8) is 0 Å². The summed E-state index contributed by atoms with van der Waals surface area (Å²) in [6.07, 6.45) is 3.80. The van der Waals surface area contributed by atoms with Gasteiger partial charge in [0.05, 0.1) is 5.92 Å². The van der Waals surface area contributed by atoms with Crippen molar-refractivity contribution in [2.75, 3.05) is 19.6 Å². The zero-order chi connectivity index (χ0) is 16.4. The first-order chi connectivity index (χ1) is 11.1. The van der Waals surface area contributed by atoms with Gasteiger partial charge in [-0.3, -0.25) is 9.69 Å². The summed E-state index contributed by atoms with van der Waals surface area (Å²) in [5, 5.41) is 0. The van der Waals surface area contributed by atoms with Crippen molar-refractivity contribution in [2.45, 2.75) is 51.2 Å². The molecule has 1 aromatic carbocycles. The van der Waals surface area contributed by atoms with E-state index in [0.29, 0.717) is 6.04 Å². The van der Waals surface area contributed by atoms with Gasteiger partial charge in [0.15, 0.2) is 0 Å². The predicted molar refractivity (Wildman–Crippen MR) is 92.9 cm³/mol. The number of nitrogens with two attached hydrogens (primary N) is 1. The topological polar surface area (TPSA) is 49.6 Å². The van der Waals surface area contributed by atoms with Crippen LogP contribution in [0.3, 0.4) is 0 Å². The van der Waals surface area contributed by atoms with Crippen LogP contribution in [0.4, 0.5) is 0 Å². The third kappa shape index (κ3) is 3.43. The SMILES string of the molecule is CC(C(=O)N1CC2CCCCN2CC1C)C(N)c1ccccc1. The fourth-order valence-electron chi connectivity index (χ4n) is 4.04. The summed E-state index contributed by atoms with van der Waals surface area (Å²) in [6, 6.07) is 10.6. The monoisotopic (exact) mass is 315 g/mol. The molecular weight excluding hydrogens is 286 g/mol. The molecule has 3 rings (SSSR count). The Balaban J connectivity index is 1.69. The number of hydrogen-bond acceptors (Lipinski definition) is 3. The summed E-state index contributed by atoms with van der Waals surface area (Å²) in [4.78, 5) is 17.7. The molecule has 4 unspecified atom stereocenters. The van der Waals surface area contributed by atoms with Gasteiger partial charge < -0.3 is 10.6 Å². The molecule has 2 N–H and O–H groups in total. The van der Waals surface area contributed by atoms with Gasteiger partial charge in [0.25, 0.3) is 0 Å². The summed E-state index contributed by atoms with van der Waals surface area (Å²) < 4.78 is 0. The van der Waals surface area contributed by atoms with Gasteiger partial charge in [-0.05, 0) is 31.9 Å². The first kappa shape index (κ1) is 16.5. The summed E-state index contributed by atoms with van der Waals surface area (Å²) in [5.41, 5.74) is 7.40. The van der Waals surface area contributed by atoms with E-state index in [9.17, 15) is 4.79 Å². The highest BCUT2D eigenvalue weighted by Crippen LogP contribution is 2.27. The molecule has 2 heterocycles. The third-order valence-electron chi connectivity index (χ3n) is 5.58. The van der Waals surface area contributed by atoms with Crippen LogP contribution >= 0.6 is 0 Å². The lowest BCUT2D eigenvalue weighted by atomic mass is 9.91. The number of benzene rings is 1. The summed E-state index contributed by atoms with van der Waals surface area (Å²) in [7, 11) is 0. The Morgan fingerprint density at radius 2 is 1.96 bits per heavy atom. The minimum absolute atomic E-state index is 0.185. The maximum absolute atomic E-state index is 13.0. The van der Waals surface area contributed by atoms with E-state index in [2.05, 4.69) is 16.7 Å². The lowest BCUT2D eigenvalue weighted by Crippen LogP contribution is -2.61. The van der Waals surface area contributed by atoms with E-state index in [4.69, 9.17) is 5.73 Å². The molecule has 126 valence electrons. The Morgan fingerprint density at radius 1 is 1.22 bits per heavy atom. The molecule has 1 aromatic rings. The van der Waals surface area contributed by atoms with Crippen LogP contribution < -0.4 is 5.73 Å². The average Bonchev–Trinajstić information content (AvgIpc) is 2.60. The smallest absolute Gasteiger partial charge is 0.227 e. The first-order valence-corrected chi connectivity index (χ1v) is 8.93. The van der Waals surface area contributed by atoms with E-state index in [1.54, 1.807) is 0 Å². The molecule has 4 heteroatoms. The number of rotatable bonds is 3. The highest BCUT2D eigenvalue weighted by atomic mass is 16.2. The molecule has 2 fully saturated rings. The fraction of sp³-hybridized carbons (Fsp3) is 0.632. The second-order valence-corrected chi connectivity index (χ2v) is 7.21.